The third kappa shape index (κ3) is 3.74. The zero-order valence-corrected chi connectivity index (χ0v) is 17.9. The molecule has 31 heavy (non-hydrogen) atoms. The van der Waals surface area contributed by atoms with Crippen LogP contribution < -0.4 is 5.32 Å². The third-order valence-electron chi connectivity index (χ3n) is 6.89. The van der Waals surface area contributed by atoms with Gasteiger partial charge in [0.05, 0.1) is 5.38 Å². The Morgan fingerprint density at radius 3 is 2.81 bits per heavy atom. The zero-order valence-electron chi connectivity index (χ0n) is 17.2. The van der Waals surface area contributed by atoms with Gasteiger partial charge in [0, 0.05) is 29.2 Å². The second kappa shape index (κ2) is 8.28. The van der Waals surface area contributed by atoms with E-state index in [1.54, 1.807) is 11.0 Å². The number of nitrogens with one attached hydrogen (secondary N) is 2. The highest BCUT2D eigenvalue weighted by molar-refractivity contribution is 6.22. The number of fused-ring (bicyclic) bond motifs is 2. The maximum absolute atomic E-state index is 13.7. The average Bonchev–Trinajstić information content (AvgIpc) is 3.49. The van der Waals surface area contributed by atoms with Crippen LogP contribution in [-0.4, -0.2) is 64.2 Å². The number of carbonyl (C=O) groups excluding carboxylic acids is 3. The van der Waals surface area contributed by atoms with E-state index in [1.165, 1.54) is 0 Å². The minimum atomic E-state index is -0.675. The molecule has 0 spiro atoms. The fourth-order valence-corrected chi connectivity index (χ4v) is 5.63. The zero-order chi connectivity index (χ0) is 21.5. The van der Waals surface area contributed by atoms with Gasteiger partial charge in [-0.05, 0) is 43.0 Å². The van der Waals surface area contributed by atoms with E-state index in [9.17, 15) is 14.4 Å². The smallest absolute Gasteiger partial charge is 0.251 e. The number of Topliss-reactive ketones (excluding diaryl/α,β-unsaturated/α-hetero) is 1. The highest BCUT2D eigenvalue weighted by Crippen LogP contribution is 2.34. The number of likely N-dealkylation sites (tertiary alicyclic amines) is 1. The number of alkyl halides is 1. The number of ether oxygens (including phenoxy) is 1. The van der Waals surface area contributed by atoms with Gasteiger partial charge >= 0.3 is 0 Å². The van der Waals surface area contributed by atoms with Gasteiger partial charge in [0.2, 0.25) is 5.91 Å². The SMILES string of the molecule is O=C(N[C@H](C(=O)N1C[C@H](Cl)[C@H]2OCC(=O)[C@H]21)C1CCCCC1)c1ccc2[nH]ccc2c1. The van der Waals surface area contributed by atoms with Crippen molar-refractivity contribution in [3.05, 3.63) is 36.0 Å². The second-order valence-electron chi connectivity index (χ2n) is 8.82. The largest absolute Gasteiger partial charge is 0.366 e. The molecule has 3 fully saturated rings. The van der Waals surface area contributed by atoms with E-state index >= 15 is 0 Å². The predicted octanol–water partition coefficient (Wildman–Crippen LogP) is 2.63. The lowest BCUT2D eigenvalue weighted by Crippen LogP contribution is -2.55. The molecule has 1 aromatic carbocycles. The van der Waals surface area contributed by atoms with E-state index in [1.807, 2.05) is 24.4 Å². The van der Waals surface area contributed by atoms with Crippen molar-refractivity contribution < 1.29 is 19.1 Å². The van der Waals surface area contributed by atoms with Crippen molar-refractivity contribution in [2.75, 3.05) is 13.2 Å². The number of hydrogen-bond donors (Lipinski definition) is 2. The van der Waals surface area contributed by atoms with E-state index in [2.05, 4.69) is 10.3 Å². The first kappa shape index (κ1) is 20.5. The number of carbonyl (C=O) groups is 3. The number of rotatable bonds is 4. The van der Waals surface area contributed by atoms with Gasteiger partial charge in [0.25, 0.3) is 5.91 Å². The average molecular weight is 444 g/mol. The van der Waals surface area contributed by atoms with Gasteiger partial charge in [0.15, 0.2) is 5.78 Å². The maximum atomic E-state index is 13.7. The van der Waals surface area contributed by atoms with Crippen LogP contribution >= 0.6 is 11.6 Å². The Hall–Kier alpha value is -2.38. The summed E-state index contributed by atoms with van der Waals surface area (Å²) in [5.41, 5.74) is 1.46. The first-order valence-electron chi connectivity index (χ1n) is 11.0. The van der Waals surface area contributed by atoms with E-state index < -0.39 is 23.6 Å². The summed E-state index contributed by atoms with van der Waals surface area (Å²) in [5, 5.41) is 3.53. The van der Waals surface area contributed by atoms with Crippen LogP contribution in [0.5, 0.6) is 0 Å². The molecule has 1 saturated carbocycles. The molecule has 7 nitrogen and oxygen atoms in total. The fraction of sp³-hybridized carbons (Fsp3) is 0.522. The summed E-state index contributed by atoms with van der Waals surface area (Å²) in [7, 11) is 0. The number of nitrogens with zero attached hydrogens (tertiary/aromatic N) is 1. The van der Waals surface area contributed by atoms with Crippen LogP contribution in [-0.2, 0) is 14.3 Å². The van der Waals surface area contributed by atoms with Crippen LogP contribution in [0, 0.1) is 5.92 Å². The Morgan fingerprint density at radius 1 is 1.19 bits per heavy atom. The molecular formula is C23H26ClN3O4. The normalized spacial score (nSPS) is 27.5. The predicted molar refractivity (Wildman–Crippen MR) is 116 cm³/mol. The molecule has 5 rings (SSSR count). The number of ketones is 1. The maximum Gasteiger partial charge on any atom is 0.251 e. The molecule has 0 unspecified atom stereocenters. The third-order valence-corrected chi connectivity index (χ3v) is 7.28. The number of H-pyrrole nitrogens is 1. The van der Waals surface area contributed by atoms with Gasteiger partial charge in [0.1, 0.15) is 24.8 Å². The molecular weight excluding hydrogens is 418 g/mol. The van der Waals surface area contributed by atoms with Crippen molar-refractivity contribution in [2.45, 2.75) is 55.7 Å². The Balaban J connectivity index is 1.40. The molecule has 2 aromatic rings. The fourth-order valence-electron chi connectivity index (χ4n) is 5.27. The van der Waals surface area contributed by atoms with Crippen molar-refractivity contribution in [3.8, 4) is 0 Å². The molecule has 0 radical (unpaired) electrons. The molecule has 2 aliphatic heterocycles. The van der Waals surface area contributed by atoms with Crippen LogP contribution in [0.15, 0.2) is 30.5 Å². The molecule has 2 amide bonds. The van der Waals surface area contributed by atoms with E-state index in [4.69, 9.17) is 16.3 Å². The Morgan fingerprint density at radius 2 is 2.00 bits per heavy atom. The number of amides is 2. The molecule has 4 atom stereocenters. The van der Waals surface area contributed by atoms with Crippen LogP contribution in [0.2, 0.25) is 0 Å². The summed E-state index contributed by atoms with van der Waals surface area (Å²) in [6.07, 6.45) is 6.33. The summed E-state index contributed by atoms with van der Waals surface area (Å²) in [5.74, 6) is -0.571. The number of halogens is 1. The highest BCUT2D eigenvalue weighted by Gasteiger charge is 2.53. The van der Waals surface area contributed by atoms with Gasteiger partial charge < -0.3 is 19.9 Å². The molecule has 2 saturated heterocycles. The summed E-state index contributed by atoms with van der Waals surface area (Å²) in [4.78, 5) is 43.8. The monoisotopic (exact) mass is 443 g/mol. The standard InChI is InChI=1S/C23H26ClN3O4/c24-16-11-27(20-18(28)12-31-21(16)20)23(30)19(13-4-2-1-3-5-13)26-22(29)15-6-7-17-14(10-15)8-9-25-17/h6-10,13,16,19-21,25H,1-5,11-12H2,(H,26,29)/t16-,19-,20+,21+/m0/s1. The van der Waals surface area contributed by atoms with E-state index in [0.717, 1.165) is 43.0 Å². The van der Waals surface area contributed by atoms with Crippen molar-refractivity contribution >= 4 is 40.1 Å². The molecule has 2 N–H and O–H groups in total. The quantitative estimate of drug-likeness (QED) is 0.710. The molecule has 3 aliphatic rings. The molecule has 0 bridgehead atoms. The number of benzene rings is 1. The van der Waals surface area contributed by atoms with E-state index in [0.29, 0.717) is 5.56 Å². The van der Waals surface area contributed by atoms with E-state index in [-0.39, 0.29) is 36.7 Å². The van der Waals surface area contributed by atoms with Gasteiger partial charge in [-0.2, -0.15) is 0 Å². The topological polar surface area (TPSA) is 91.5 Å². The van der Waals surface area contributed by atoms with Crippen LogP contribution in [0.25, 0.3) is 10.9 Å². The van der Waals surface area contributed by atoms with Crippen molar-refractivity contribution in [1.29, 1.82) is 0 Å². The number of hydrogen-bond acceptors (Lipinski definition) is 4. The van der Waals surface area contributed by atoms with Crippen LogP contribution in [0.4, 0.5) is 0 Å². The van der Waals surface area contributed by atoms with Crippen molar-refractivity contribution in [1.82, 2.24) is 15.2 Å². The second-order valence-corrected chi connectivity index (χ2v) is 9.38. The van der Waals surface area contributed by atoms with Gasteiger partial charge in [-0.1, -0.05) is 19.3 Å². The minimum Gasteiger partial charge on any atom is -0.366 e. The highest BCUT2D eigenvalue weighted by atomic mass is 35.5. The lowest BCUT2D eigenvalue weighted by Gasteiger charge is -2.34. The molecule has 164 valence electrons. The lowest BCUT2D eigenvalue weighted by molar-refractivity contribution is -0.139. The molecule has 8 heteroatoms. The summed E-state index contributed by atoms with van der Waals surface area (Å²) in [6, 6.07) is 6.02. The van der Waals surface area contributed by atoms with Crippen LogP contribution in [0.3, 0.4) is 0 Å². The Kier molecular flexibility index (Phi) is 5.48. The first-order chi connectivity index (χ1) is 15.0. The molecule has 1 aliphatic carbocycles. The van der Waals surface area contributed by atoms with Gasteiger partial charge in [-0.25, -0.2) is 0 Å². The first-order valence-corrected chi connectivity index (χ1v) is 11.4. The Bertz CT molecular complexity index is 1020. The lowest BCUT2D eigenvalue weighted by atomic mass is 9.83. The van der Waals surface area contributed by atoms with Gasteiger partial charge in [-0.3, -0.25) is 14.4 Å². The summed E-state index contributed by atoms with van der Waals surface area (Å²) >= 11 is 6.39. The van der Waals surface area contributed by atoms with Crippen molar-refractivity contribution in [2.24, 2.45) is 5.92 Å². The minimum absolute atomic E-state index is 0.0144. The molecule has 3 heterocycles. The van der Waals surface area contributed by atoms with Crippen LogP contribution in [0.1, 0.15) is 42.5 Å². The van der Waals surface area contributed by atoms with Gasteiger partial charge in [-0.15, -0.1) is 11.6 Å². The summed E-state index contributed by atoms with van der Waals surface area (Å²) in [6.45, 7) is 0.245. The Labute approximate surface area is 185 Å². The number of aromatic nitrogens is 1. The molecule has 1 aromatic heterocycles. The van der Waals surface area contributed by atoms with Crippen molar-refractivity contribution in [3.63, 3.8) is 0 Å². The summed E-state index contributed by atoms with van der Waals surface area (Å²) < 4.78 is 5.53. The number of aromatic amines is 1.